The van der Waals surface area contributed by atoms with E-state index in [1.54, 1.807) is 0 Å². The van der Waals surface area contributed by atoms with Crippen LogP contribution in [0.15, 0.2) is 0 Å². The van der Waals surface area contributed by atoms with Gasteiger partial charge in [-0.25, -0.2) is 0 Å². The van der Waals surface area contributed by atoms with Crippen LogP contribution in [-0.4, -0.2) is 49.7 Å². The summed E-state index contributed by atoms with van der Waals surface area (Å²) in [7, 11) is 1.44. The Bertz CT molecular complexity index is 217. The first-order valence-electron chi connectivity index (χ1n) is 6.52. The molecule has 0 amide bonds. The quantitative estimate of drug-likeness (QED) is 0.657. The van der Waals surface area contributed by atoms with Gasteiger partial charge in [-0.2, -0.15) is 0 Å². The molecule has 17 heavy (non-hydrogen) atoms. The van der Waals surface area contributed by atoms with Crippen LogP contribution in [0.1, 0.15) is 34.6 Å². The average molecular weight is 244 g/mol. The van der Waals surface area contributed by atoms with Crippen LogP contribution in [0.4, 0.5) is 0 Å². The molecular weight excluding hydrogens is 216 g/mol. The average Bonchev–Trinajstić information content (AvgIpc) is 2.33. The summed E-state index contributed by atoms with van der Waals surface area (Å²) in [5.41, 5.74) is 0. The van der Waals surface area contributed by atoms with Gasteiger partial charge >= 0.3 is 5.97 Å². The van der Waals surface area contributed by atoms with E-state index in [0.29, 0.717) is 6.04 Å². The molecule has 0 saturated carbocycles. The van der Waals surface area contributed by atoms with Gasteiger partial charge in [0.25, 0.3) is 0 Å². The lowest BCUT2D eigenvalue weighted by Crippen LogP contribution is -2.46. The lowest BCUT2D eigenvalue weighted by Gasteiger charge is -2.28. The SMILES string of the molecule is CCN(CC)CC(C)NC(C)C(C)C(=O)OC. The third kappa shape index (κ3) is 6.03. The Labute approximate surface area is 106 Å². The lowest BCUT2D eigenvalue weighted by molar-refractivity contribution is -0.145. The smallest absolute Gasteiger partial charge is 0.309 e. The van der Waals surface area contributed by atoms with Crippen molar-refractivity contribution in [3.05, 3.63) is 0 Å². The zero-order valence-corrected chi connectivity index (χ0v) is 12.1. The van der Waals surface area contributed by atoms with Crippen LogP contribution in [0.25, 0.3) is 0 Å². The number of nitrogens with zero attached hydrogens (tertiary/aromatic N) is 1. The largest absolute Gasteiger partial charge is 0.469 e. The van der Waals surface area contributed by atoms with Gasteiger partial charge in [0.1, 0.15) is 0 Å². The van der Waals surface area contributed by atoms with Crippen molar-refractivity contribution in [1.29, 1.82) is 0 Å². The number of ether oxygens (including phenoxy) is 1. The molecule has 0 aliphatic rings. The van der Waals surface area contributed by atoms with Crippen LogP contribution in [-0.2, 0) is 9.53 Å². The molecule has 0 aromatic carbocycles. The number of hydrogen-bond donors (Lipinski definition) is 1. The van der Waals surface area contributed by atoms with E-state index in [1.807, 2.05) is 13.8 Å². The number of methoxy groups -OCH3 is 1. The number of carbonyl (C=O) groups excluding carboxylic acids is 1. The second kappa shape index (κ2) is 8.48. The van der Waals surface area contributed by atoms with Gasteiger partial charge in [-0.05, 0) is 26.9 Å². The Hall–Kier alpha value is -0.610. The second-order valence-electron chi connectivity index (χ2n) is 4.65. The summed E-state index contributed by atoms with van der Waals surface area (Å²) in [5, 5.41) is 3.45. The number of likely N-dealkylation sites (N-methyl/N-ethyl adjacent to an activating group) is 1. The Balaban J connectivity index is 4.10. The van der Waals surface area contributed by atoms with Gasteiger partial charge in [0.05, 0.1) is 13.0 Å². The monoisotopic (exact) mass is 244 g/mol. The first kappa shape index (κ1) is 16.4. The fourth-order valence-corrected chi connectivity index (χ4v) is 1.90. The molecule has 3 unspecified atom stereocenters. The highest BCUT2D eigenvalue weighted by atomic mass is 16.5. The molecule has 0 aliphatic carbocycles. The summed E-state index contributed by atoms with van der Waals surface area (Å²) in [4.78, 5) is 13.8. The van der Waals surface area contributed by atoms with Crippen molar-refractivity contribution in [2.24, 2.45) is 5.92 Å². The van der Waals surface area contributed by atoms with Crippen LogP contribution in [0.2, 0.25) is 0 Å². The van der Waals surface area contributed by atoms with Gasteiger partial charge in [0.2, 0.25) is 0 Å². The predicted octanol–water partition coefficient (Wildman–Crippen LogP) is 1.50. The van der Waals surface area contributed by atoms with Crippen molar-refractivity contribution in [3.63, 3.8) is 0 Å². The molecule has 0 fully saturated rings. The molecule has 0 aromatic rings. The maximum Gasteiger partial charge on any atom is 0.309 e. The Morgan fingerprint density at radius 3 is 2.18 bits per heavy atom. The van der Waals surface area contributed by atoms with Crippen molar-refractivity contribution in [3.8, 4) is 0 Å². The molecule has 0 radical (unpaired) electrons. The fraction of sp³-hybridized carbons (Fsp3) is 0.923. The number of hydrogen-bond acceptors (Lipinski definition) is 4. The molecule has 0 aliphatic heterocycles. The van der Waals surface area contributed by atoms with E-state index in [4.69, 9.17) is 4.74 Å². The van der Waals surface area contributed by atoms with Crippen molar-refractivity contribution < 1.29 is 9.53 Å². The summed E-state index contributed by atoms with van der Waals surface area (Å²) >= 11 is 0. The van der Waals surface area contributed by atoms with Crippen molar-refractivity contribution in [2.45, 2.75) is 46.7 Å². The van der Waals surface area contributed by atoms with Gasteiger partial charge in [0.15, 0.2) is 0 Å². The van der Waals surface area contributed by atoms with Crippen LogP contribution >= 0.6 is 0 Å². The lowest BCUT2D eigenvalue weighted by atomic mass is 10.0. The molecule has 1 N–H and O–H groups in total. The molecular formula is C13H28N2O2. The number of nitrogens with one attached hydrogen (secondary N) is 1. The molecule has 0 aromatic heterocycles. The topological polar surface area (TPSA) is 41.6 Å². The molecule has 0 spiro atoms. The van der Waals surface area contributed by atoms with E-state index in [2.05, 4.69) is 31.0 Å². The molecule has 4 heteroatoms. The van der Waals surface area contributed by atoms with Crippen LogP contribution in [0.5, 0.6) is 0 Å². The molecule has 0 bridgehead atoms. The highest BCUT2D eigenvalue weighted by molar-refractivity contribution is 5.72. The Kier molecular flexibility index (Phi) is 8.17. The standard InChI is InChI=1S/C13H28N2O2/c1-7-15(8-2)9-10(3)14-12(5)11(4)13(16)17-6/h10-12,14H,7-9H2,1-6H3. The summed E-state index contributed by atoms with van der Waals surface area (Å²) in [5.74, 6) is -0.265. The first-order chi connectivity index (χ1) is 7.96. The predicted molar refractivity (Wildman–Crippen MR) is 71.0 cm³/mol. The maximum absolute atomic E-state index is 11.4. The minimum atomic E-state index is -0.153. The van der Waals surface area contributed by atoms with Crippen molar-refractivity contribution in [1.82, 2.24) is 10.2 Å². The van der Waals surface area contributed by atoms with E-state index in [-0.39, 0.29) is 17.9 Å². The number of rotatable bonds is 8. The van der Waals surface area contributed by atoms with Gasteiger partial charge in [0, 0.05) is 18.6 Å². The summed E-state index contributed by atoms with van der Waals surface area (Å²) in [6, 6.07) is 0.505. The van der Waals surface area contributed by atoms with Crippen LogP contribution in [0.3, 0.4) is 0 Å². The summed E-state index contributed by atoms with van der Waals surface area (Å²) in [6.45, 7) is 13.5. The van der Waals surface area contributed by atoms with Gasteiger partial charge in [-0.1, -0.05) is 20.8 Å². The number of carbonyl (C=O) groups is 1. The second-order valence-corrected chi connectivity index (χ2v) is 4.65. The third-order valence-electron chi connectivity index (χ3n) is 3.30. The third-order valence-corrected chi connectivity index (χ3v) is 3.30. The highest BCUT2D eigenvalue weighted by Gasteiger charge is 2.22. The van der Waals surface area contributed by atoms with Crippen LogP contribution in [0, 0.1) is 5.92 Å². The molecule has 4 nitrogen and oxygen atoms in total. The molecule has 3 atom stereocenters. The minimum Gasteiger partial charge on any atom is -0.469 e. The van der Waals surface area contributed by atoms with Gasteiger partial charge < -0.3 is 15.0 Å². The zero-order valence-electron chi connectivity index (χ0n) is 12.1. The van der Waals surface area contributed by atoms with Gasteiger partial charge in [-0.3, -0.25) is 4.79 Å². The van der Waals surface area contributed by atoms with Crippen molar-refractivity contribution >= 4 is 5.97 Å². The van der Waals surface area contributed by atoms with Crippen LogP contribution < -0.4 is 5.32 Å². The highest BCUT2D eigenvalue weighted by Crippen LogP contribution is 2.06. The zero-order chi connectivity index (χ0) is 13.4. The maximum atomic E-state index is 11.4. The normalized spacial score (nSPS) is 16.6. The Morgan fingerprint density at radius 2 is 1.76 bits per heavy atom. The fourth-order valence-electron chi connectivity index (χ4n) is 1.90. The molecule has 0 saturated heterocycles. The molecule has 0 rings (SSSR count). The van der Waals surface area contributed by atoms with E-state index < -0.39 is 0 Å². The van der Waals surface area contributed by atoms with E-state index in [9.17, 15) is 4.79 Å². The van der Waals surface area contributed by atoms with E-state index in [0.717, 1.165) is 19.6 Å². The van der Waals surface area contributed by atoms with E-state index in [1.165, 1.54) is 7.11 Å². The summed E-state index contributed by atoms with van der Waals surface area (Å²) in [6.07, 6.45) is 0. The van der Waals surface area contributed by atoms with Crippen molar-refractivity contribution in [2.75, 3.05) is 26.7 Å². The van der Waals surface area contributed by atoms with Gasteiger partial charge in [-0.15, -0.1) is 0 Å². The van der Waals surface area contributed by atoms with E-state index >= 15 is 0 Å². The Morgan fingerprint density at radius 1 is 1.24 bits per heavy atom. The molecule has 102 valence electrons. The first-order valence-corrected chi connectivity index (χ1v) is 6.52. The number of esters is 1. The summed E-state index contributed by atoms with van der Waals surface area (Å²) < 4.78 is 4.75. The minimum absolute atomic E-state index is 0.112. The molecule has 0 heterocycles.